The SMILES string of the molecule is CCC[CH2][Sn]([CH2]CCC)[CH2]CCC.C[CH+]C(COCOC)C(O[B-](F)(F)F)[C@H](OCc1ccccc1)[C@H](CO[Si](C)(C)C(C)(C)C)OCc1ccccc1. The first kappa shape index (κ1) is 51.0. The van der Waals surface area contributed by atoms with E-state index in [2.05, 4.69) is 54.6 Å². The van der Waals surface area contributed by atoms with E-state index in [1.807, 2.05) is 60.7 Å². The zero-order chi connectivity index (χ0) is 40.5. The van der Waals surface area contributed by atoms with Gasteiger partial charge in [0.15, 0.2) is 8.32 Å². The number of methoxy groups -OCH3 is 1. The summed E-state index contributed by atoms with van der Waals surface area (Å²) in [5.74, 6) is -0.773. The molecule has 0 aliphatic rings. The number of hydrogen-bond acceptors (Lipinski definition) is 6. The standard InChI is InChI=1S/C30H46BF3O6Si.3C4H9.Sn/c1-8-26(21-36-23-35-5)28(40-31(32,33)34)29(38-20-25-17-13-10-14-18-25)27(22-39-41(6,7)30(2,3)4)37-19-24-15-11-9-12-16-24;3*1-3-4-2;/h8-18,26-29H,19-23H2,1-7H3;3*1,3-4H2,2H3;/t26?,27-,28?,29+;;;;/m0..../s1. The fourth-order valence-electron chi connectivity index (χ4n) is 5.61. The summed E-state index contributed by atoms with van der Waals surface area (Å²) in [7, 11) is -6.48. The minimum absolute atomic E-state index is 0.0445. The summed E-state index contributed by atoms with van der Waals surface area (Å²) in [6, 6.07) is 18.8. The van der Waals surface area contributed by atoms with E-state index in [1.54, 1.807) is 26.7 Å². The van der Waals surface area contributed by atoms with Crippen LogP contribution in [0.2, 0.25) is 31.4 Å². The maximum absolute atomic E-state index is 14.0. The van der Waals surface area contributed by atoms with Gasteiger partial charge in [-0.15, -0.1) is 0 Å². The topological polar surface area (TPSA) is 55.4 Å². The number of hydrogen-bond donors (Lipinski definition) is 0. The van der Waals surface area contributed by atoms with E-state index in [0.717, 1.165) is 11.1 Å². The second-order valence-corrected chi connectivity index (χ2v) is 29.0. The van der Waals surface area contributed by atoms with Gasteiger partial charge in [0.05, 0.1) is 45.9 Å². The normalized spacial score (nSPS) is 14.6. The molecule has 6 nitrogen and oxygen atoms in total. The van der Waals surface area contributed by atoms with Gasteiger partial charge in [0.25, 0.3) is 0 Å². The Balaban J connectivity index is 0.000000951. The molecule has 2 aromatic carbocycles. The summed E-state index contributed by atoms with van der Waals surface area (Å²) in [6.45, 7) is 19.3. The molecule has 0 aromatic heterocycles. The van der Waals surface area contributed by atoms with Crippen molar-refractivity contribution in [3.8, 4) is 0 Å². The molecule has 0 spiro atoms. The maximum atomic E-state index is 14.0. The molecule has 4 atom stereocenters. The molecule has 0 bridgehead atoms. The van der Waals surface area contributed by atoms with Gasteiger partial charge >= 0.3 is 99.5 Å². The van der Waals surface area contributed by atoms with Crippen molar-refractivity contribution in [1.82, 2.24) is 0 Å². The van der Waals surface area contributed by atoms with Crippen molar-refractivity contribution < 1.29 is 41.0 Å². The fourth-order valence-corrected chi connectivity index (χ4v) is 16.1. The minimum atomic E-state index is -5.64. The predicted octanol–water partition coefficient (Wildman–Crippen LogP) is 12.3. The van der Waals surface area contributed by atoms with Crippen LogP contribution in [0.5, 0.6) is 0 Å². The van der Waals surface area contributed by atoms with Crippen molar-refractivity contribution >= 4 is 35.3 Å². The van der Waals surface area contributed by atoms with Crippen LogP contribution in [0.1, 0.15) is 98.1 Å². The van der Waals surface area contributed by atoms with E-state index in [1.165, 1.54) is 45.6 Å². The molecule has 12 heteroatoms. The molecule has 309 valence electrons. The Hall–Kier alpha value is -1.06. The number of benzene rings is 2. The molecule has 1 radical (unpaired) electrons. The summed E-state index contributed by atoms with van der Waals surface area (Å²) < 4.78 is 81.5. The van der Waals surface area contributed by atoms with Gasteiger partial charge in [-0.1, -0.05) is 81.4 Å². The van der Waals surface area contributed by atoms with Gasteiger partial charge in [0.2, 0.25) is 0 Å². The monoisotopic (exact) mass is 889 g/mol. The minimum Gasteiger partial charge on any atom is -0.500 e. The van der Waals surface area contributed by atoms with Crippen LogP contribution >= 0.6 is 0 Å². The van der Waals surface area contributed by atoms with E-state index in [0.29, 0.717) is 0 Å². The molecular weight excluding hydrogens is 815 g/mol. The third-order valence-electron chi connectivity index (χ3n) is 10.0. The van der Waals surface area contributed by atoms with Gasteiger partial charge in [-0.05, 0) is 29.3 Å². The van der Waals surface area contributed by atoms with E-state index >= 15 is 0 Å². The Bertz CT molecular complexity index is 1160. The van der Waals surface area contributed by atoms with Crippen LogP contribution in [-0.2, 0) is 41.2 Å². The van der Waals surface area contributed by atoms with Gasteiger partial charge in [0, 0.05) is 7.11 Å². The molecule has 2 rings (SSSR count). The number of rotatable bonds is 28. The van der Waals surface area contributed by atoms with Crippen molar-refractivity contribution in [2.45, 2.75) is 150 Å². The molecule has 2 aromatic rings. The maximum Gasteiger partial charge on any atom is 0.637 e. The first-order chi connectivity index (χ1) is 25.6. The Morgan fingerprint density at radius 3 is 1.63 bits per heavy atom. The van der Waals surface area contributed by atoms with Crippen molar-refractivity contribution in [2.75, 3.05) is 27.1 Å². The summed E-state index contributed by atoms with van der Waals surface area (Å²) in [4.78, 5) is 0. The van der Waals surface area contributed by atoms with Crippen LogP contribution in [-0.4, -0.2) is 80.7 Å². The first-order valence-electron chi connectivity index (χ1n) is 20.1. The third kappa shape index (κ3) is 22.0. The van der Waals surface area contributed by atoms with Gasteiger partial charge in [0.1, 0.15) is 24.9 Å². The number of unbranched alkanes of at least 4 members (excludes halogenated alkanes) is 3. The van der Waals surface area contributed by atoms with Crippen LogP contribution in [0.3, 0.4) is 0 Å². The van der Waals surface area contributed by atoms with Gasteiger partial charge in [-0.3, -0.25) is 0 Å². The molecule has 0 saturated carbocycles. The molecule has 54 heavy (non-hydrogen) atoms. The van der Waals surface area contributed by atoms with E-state index in [4.69, 9.17) is 28.0 Å². The van der Waals surface area contributed by atoms with Crippen molar-refractivity contribution in [2.24, 2.45) is 5.92 Å². The van der Waals surface area contributed by atoms with Gasteiger partial charge in [-0.25, -0.2) is 0 Å². The van der Waals surface area contributed by atoms with Crippen molar-refractivity contribution in [3.63, 3.8) is 0 Å². The Morgan fingerprint density at radius 2 is 1.22 bits per heavy atom. The molecule has 0 fully saturated rings. The van der Waals surface area contributed by atoms with E-state index in [9.17, 15) is 12.9 Å². The van der Waals surface area contributed by atoms with Crippen LogP contribution in [0.15, 0.2) is 60.7 Å². The molecule has 0 amide bonds. The third-order valence-corrected chi connectivity index (χ3v) is 23.6. The molecule has 0 N–H and O–H groups in total. The molecule has 0 heterocycles. The smallest absolute Gasteiger partial charge is 0.500 e. The average Bonchev–Trinajstić information content (AvgIpc) is 3.13. The average molecular weight is 889 g/mol. The summed E-state index contributed by atoms with van der Waals surface area (Å²) in [5, 5.41) is -0.115. The number of ether oxygens (including phenoxy) is 4. The molecule has 0 aliphatic heterocycles. The Labute approximate surface area is 335 Å². The second kappa shape index (κ2) is 28.4. The Kier molecular flexibility index (Phi) is 26.8. The quantitative estimate of drug-likeness (QED) is 0.0367. The predicted molar refractivity (Wildman–Crippen MR) is 223 cm³/mol. The zero-order valence-electron chi connectivity index (χ0n) is 35.2. The van der Waals surface area contributed by atoms with Crippen molar-refractivity contribution in [1.29, 1.82) is 0 Å². The molecular formula is C42H73BF3O6SiSn. The Morgan fingerprint density at radius 1 is 0.741 bits per heavy atom. The summed E-state index contributed by atoms with van der Waals surface area (Å²) >= 11 is -0.839. The molecule has 2 unspecified atom stereocenters. The van der Waals surface area contributed by atoms with Crippen LogP contribution in [0.4, 0.5) is 12.9 Å². The van der Waals surface area contributed by atoms with Crippen LogP contribution in [0, 0.1) is 12.3 Å². The van der Waals surface area contributed by atoms with E-state index < -0.39 is 59.5 Å². The second-order valence-electron chi connectivity index (χ2n) is 15.6. The largest absolute Gasteiger partial charge is 0.637 e. The van der Waals surface area contributed by atoms with Crippen molar-refractivity contribution in [3.05, 3.63) is 78.2 Å². The molecule has 0 saturated heterocycles. The van der Waals surface area contributed by atoms with Crippen LogP contribution in [0.25, 0.3) is 0 Å². The van der Waals surface area contributed by atoms with Gasteiger partial charge in [-0.2, -0.15) is 0 Å². The summed E-state index contributed by atoms with van der Waals surface area (Å²) in [6.07, 6.45) is 7.02. The van der Waals surface area contributed by atoms with Crippen LogP contribution < -0.4 is 0 Å². The van der Waals surface area contributed by atoms with Gasteiger partial charge < -0.3 is 41.0 Å². The summed E-state index contributed by atoms with van der Waals surface area (Å²) in [5.41, 5.74) is 1.69. The first-order valence-corrected chi connectivity index (χ1v) is 29.1. The fraction of sp³-hybridized carbons (Fsp3) is 0.690. The molecule has 0 aliphatic carbocycles. The van der Waals surface area contributed by atoms with E-state index in [-0.39, 0.29) is 38.3 Å². The zero-order valence-corrected chi connectivity index (χ0v) is 39.1. The number of halogens is 3.